The quantitative estimate of drug-likeness (QED) is 0.720. The van der Waals surface area contributed by atoms with Gasteiger partial charge in [-0.05, 0) is 53.5 Å². The molecule has 102 valence electrons. The summed E-state index contributed by atoms with van der Waals surface area (Å²) in [6, 6.07) is 5.80. The summed E-state index contributed by atoms with van der Waals surface area (Å²) in [6.45, 7) is 4.06. The summed E-state index contributed by atoms with van der Waals surface area (Å²) in [5, 5.41) is 1.55. The van der Waals surface area contributed by atoms with Crippen molar-refractivity contribution in [3.05, 3.63) is 45.3 Å². The van der Waals surface area contributed by atoms with E-state index in [1.165, 1.54) is 6.33 Å². The lowest BCUT2D eigenvalue weighted by Gasteiger charge is -2.09. The fraction of sp³-hybridized carbons (Fsp3) is 0.143. The Morgan fingerprint density at radius 1 is 1.25 bits per heavy atom. The maximum Gasteiger partial charge on any atom is 0.150 e. The van der Waals surface area contributed by atoms with E-state index in [1.807, 2.05) is 36.6 Å². The maximum absolute atomic E-state index is 6.19. The molecule has 0 atom stereocenters. The molecule has 0 unspecified atom stereocenters. The zero-order chi connectivity index (χ0) is 14.4. The van der Waals surface area contributed by atoms with E-state index >= 15 is 0 Å². The molecular formula is C14H12BrClN4. The number of rotatable bonds is 1. The van der Waals surface area contributed by atoms with Crippen LogP contribution in [0, 0.1) is 13.8 Å². The molecule has 3 rings (SSSR count). The highest BCUT2D eigenvalue weighted by Crippen LogP contribution is 2.32. The molecule has 0 fully saturated rings. The largest absolute Gasteiger partial charge is 0.383 e. The van der Waals surface area contributed by atoms with Gasteiger partial charge in [-0.25, -0.2) is 9.97 Å². The van der Waals surface area contributed by atoms with Crippen molar-refractivity contribution in [2.45, 2.75) is 13.8 Å². The average molecular weight is 352 g/mol. The molecule has 0 saturated carbocycles. The van der Waals surface area contributed by atoms with Crippen molar-refractivity contribution in [3.63, 3.8) is 0 Å². The molecule has 0 radical (unpaired) electrons. The van der Waals surface area contributed by atoms with Gasteiger partial charge in [0.15, 0.2) is 5.65 Å². The molecule has 0 aliphatic rings. The number of aryl methyl sites for hydroxylation is 1. The van der Waals surface area contributed by atoms with Crippen molar-refractivity contribution < 1.29 is 0 Å². The van der Waals surface area contributed by atoms with E-state index < -0.39 is 0 Å². The summed E-state index contributed by atoms with van der Waals surface area (Å²) < 4.78 is 2.91. The topological polar surface area (TPSA) is 56.7 Å². The Bertz CT molecular complexity index is 826. The number of anilines is 1. The molecule has 0 saturated heterocycles. The monoisotopic (exact) mass is 350 g/mol. The first-order valence-corrected chi connectivity index (χ1v) is 7.21. The Balaban J connectivity index is 2.39. The zero-order valence-electron chi connectivity index (χ0n) is 11.0. The maximum atomic E-state index is 6.19. The molecule has 6 heteroatoms. The average Bonchev–Trinajstić information content (AvgIpc) is 2.67. The Hall–Kier alpha value is -1.59. The second-order valence-electron chi connectivity index (χ2n) is 4.60. The number of hydrogen-bond acceptors (Lipinski definition) is 3. The second kappa shape index (κ2) is 4.75. The number of halogens is 2. The van der Waals surface area contributed by atoms with Crippen molar-refractivity contribution in [3.8, 4) is 5.69 Å². The highest BCUT2D eigenvalue weighted by atomic mass is 79.9. The van der Waals surface area contributed by atoms with Gasteiger partial charge in [0, 0.05) is 15.9 Å². The van der Waals surface area contributed by atoms with Gasteiger partial charge in [0.05, 0.1) is 10.4 Å². The van der Waals surface area contributed by atoms with Gasteiger partial charge in [-0.15, -0.1) is 0 Å². The summed E-state index contributed by atoms with van der Waals surface area (Å²) in [5.41, 5.74) is 9.88. The predicted molar refractivity (Wildman–Crippen MR) is 85.5 cm³/mol. The number of nitrogens with zero attached hydrogens (tertiary/aromatic N) is 3. The number of hydrogen-bond donors (Lipinski definition) is 1. The van der Waals surface area contributed by atoms with Crippen LogP contribution in [0.15, 0.2) is 29.0 Å². The van der Waals surface area contributed by atoms with E-state index in [1.54, 1.807) is 0 Å². The van der Waals surface area contributed by atoms with Gasteiger partial charge in [-0.1, -0.05) is 11.6 Å². The van der Waals surface area contributed by atoms with Crippen molar-refractivity contribution in [1.29, 1.82) is 0 Å². The normalized spacial score (nSPS) is 11.2. The van der Waals surface area contributed by atoms with Crippen LogP contribution in [-0.2, 0) is 0 Å². The molecule has 2 N–H and O–H groups in total. The van der Waals surface area contributed by atoms with Gasteiger partial charge in [-0.3, -0.25) is 4.57 Å². The van der Waals surface area contributed by atoms with Crippen LogP contribution < -0.4 is 5.73 Å². The Kier molecular flexibility index (Phi) is 3.18. The van der Waals surface area contributed by atoms with E-state index in [9.17, 15) is 0 Å². The second-order valence-corrected chi connectivity index (χ2v) is 5.86. The van der Waals surface area contributed by atoms with E-state index in [-0.39, 0.29) is 0 Å². The van der Waals surface area contributed by atoms with Gasteiger partial charge in [0.1, 0.15) is 12.1 Å². The van der Waals surface area contributed by atoms with E-state index in [2.05, 4.69) is 25.9 Å². The SMILES string of the molecule is Cc1c(C)n(-c2ccc(Br)c(Cl)c2)c2ncnc(N)c12. The first-order chi connectivity index (χ1) is 9.50. The smallest absolute Gasteiger partial charge is 0.150 e. The third-order valence-electron chi connectivity index (χ3n) is 3.48. The van der Waals surface area contributed by atoms with Crippen LogP contribution in [0.25, 0.3) is 16.7 Å². The van der Waals surface area contributed by atoms with E-state index in [0.717, 1.165) is 32.5 Å². The highest BCUT2D eigenvalue weighted by molar-refractivity contribution is 9.10. The lowest BCUT2D eigenvalue weighted by Crippen LogP contribution is -1.99. The lowest BCUT2D eigenvalue weighted by molar-refractivity contribution is 1.01. The van der Waals surface area contributed by atoms with Crippen molar-refractivity contribution in [2.24, 2.45) is 0 Å². The summed E-state index contributed by atoms with van der Waals surface area (Å²) in [5.74, 6) is 0.498. The first kappa shape index (κ1) is 13.4. The standard InChI is InChI=1S/C14H12BrClN4/c1-7-8(2)20(9-3-4-10(15)11(16)5-9)14-12(7)13(17)18-6-19-14/h3-6H,1-2H3,(H2,17,18,19). The number of benzene rings is 1. The van der Waals surface area contributed by atoms with Gasteiger partial charge in [-0.2, -0.15) is 0 Å². The first-order valence-electron chi connectivity index (χ1n) is 6.04. The molecule has 2 aromatic heterocycles. The van der Waals surface area contributed by atoms with Gasteiger partial charge in [0.2, 0.25) is 0 Å². The van der Waals surface area contributed by atoms with Crippen molar-refractivity contribution in [1.82, 2.24) is 14.5 Å². The number of aromatic nitrogens is 3. The molecule has 3 aromatic rings. The molecule has 0 aliphatic heterocycles. The number of fused-ring (bicyclic) bond motifs is 1. The van der Waals surface area contributed by atoms with Crippen LogP contribution in [0.2, 0.25) is 5.02 Å². The summed E-state index contributed by atoms with van der Waals surface area (Å²) >= 11 is 9.59. The van der Waals surface area contributed by atoms with Crippen LogP contribution in [0.3, 0.4) is 0 Å². The molecular weight excluding hydrogens is 340 g/mol. The molecule has 0 spiro atoms. The number of nitrogens with two attached hydrogens (primary N) is 1. The molecule has 2 heterocycles. The molecule has 4 nitrogen and oxygen atoms in total. The summed E-state index contributed by atoms with van der Waals surface area (Å²) in [7, 11) is 0. The minimum Gasteiger partial charge on any atom is -0.383 e. The van der Waals surface area contributed by atoms with Gasteiger partial charge in [0.25, 0.3) is 0 Å². The van der Waals surface area contributed by atoms with Gasteiger partial charge >= 0.3 is 0 Å². The van der Waals surface area contributed by atoms with Crippen LogP contribution in [0.1, 0.15) is 11.3 Å². The summed E-state index contributed by atoms with van der Waals surface area (Å²) in [6.07, 6.45) is 1.48. The molecule has 0 amide bonds. The van der Waals surface area contributed by atoms with E-state index in [4.69, 9.17) is 17.3 Å². The highest BCUT2D eigenvalue weighted by Gasteiger charge is 2.16. The molecule has 0 aliphatic carbocycles. The van der Waals surface area contributed by atoms with E-state index in [0.29, 0.717) is 10.8 Å². The van der Waals surface area contributed by atoms with Crippen molar-refractivity contribution >= 4 is 44.4 Å². The minimum atomic E-state index is 0.498. The fourth-order valence-corrected chi connectivity index (χ4v) is 2.79. The Morgan fingerprint density at radius 3 is 2.70 bits per heavy atom. The molecule has 0 bridgehead atoms. The van der Waals surface area contributed by atoms with Crippen LogP contribution >= 0.6 is 27.5 Å². The lowest BCUT2D eigenvalue weighted by atomic mass is 10.2. The van der Waals surface area contributed by atoms with Crippen LogP contribution in [0.4, 0.5) is 5.82 Å². The third kappa shape index (κ3) is 1.89. The Morgan fingerprint density at radius 2 is 2.00 bits per heavy atom. The number of nitrogen functional groups attached to an aromatic ring is 1. The summed E-state index contributed by atoms with van der Waals surface area (Å²) in [4.78, 5) is 8.44. The van der Waals surface area contributed by atoms with Gasteiger partial charge < -0.3 is 5.73 Å². The zero-order valence-corrected chi connectivity index (χ0v) is 13.3. The van der Waals surface area contributed by atoms with Crippen molar-refractivity contribution in [2.75, 3.05) is 5.73 Å². The molecule has 20 heavy (non-hydrogen) atoms. The van der Waals surface area contributed by atoms with Crippen LogP contribution in [-0.4, -0.2) is 14.5 Å². The molecule has 1 aromatic carbocycles. The predicted octanol–water partition coefficient (Wildman–Crippen LogP) is 4.04. The Labute approximate surface area is 129 Å². The van der Waals surface area contributed by atoms with Crippen LogP contribution in [0.5, 0.6) is 0 Å². The third-order valence-corrected chi connectivity index (χ3v) is 4.72. The fourth-order valence-electron chi connectivity index (χ4n) is 2.37. The minimum absolute atomic E-state index is 0.498.